The van der Waals surface area contributed by atoms with Crippen LogP contribution in [0.1, 0.15) is 18.4 Å². The van der Waals surface area contributed by atoms with Crippen LogP contribution in [0.5, 0.6) is 0 Å². The fraction of sp³-hybridized carbons (Fsp3) is 0.538. The maximum Gasteiger partial charge on any atom is 0.243 e. The predicted molar refractivity (Wildman–Crippen MR) is 71.1 cm³/mol. The number of aliphatic hydroxyl groups excluding tert-OH is 1. The first-order valence-electron chi connectivity index (χ1n) is 6.49. The highest BCUT2D eigenvalue weighted by Gasteiger charge is 2.22. The number of hydrogen-bond donors (Lipinski definition) is 2. The van der Waals surface area contributed by atoms with Crippen molar-refractivity contribution in [2.24, 2.45) is 5.92 Å². The van der Waals surface area contributed by atoms with Gasteiger partial charge in [0.25, 0.3) is 0 Å². The van der Waals surface area contributed by atoms with Crippen LogP contribution in [-0.4, -0.2) is 33.3 Å². The van der Waals surface area contributed by atoms with Gasteiger partial charge in [-0.3, -0.25) is 0 Å². The molecule has 1 heterocycles. The zero-order chi connectivity index (χ0) is 14.6. The number of rotatable bonds is 5. The third-order valence-corrected chi connectivity index (χ3v) is 4.74. The Morgan fingerprint density at radius 3 is 2.85 bits per heavy atom. The molecule has 1 unspecified atom stereocenters. The molecule has 0 aromatic heterocycles. The summed E-state index contributed by atoms with van der Waals surface area (Å²) in [6, 6.07) is 3.58. The van der Waals surface area contributed by atoms with Crippen molar-refractivity contribution in [2.75, 3.05) is 19.8 Å². The Morgan fingerprint density at radius 2 is 2.25 bits per heavy atom. The normalized spacial score (nSPS) is 20.0. The van der Waals surface area contributed by atoms with Crippen LogP contribution in [0.2, 0.25) is 0 Å². The van der Waals surface area contributed by atoms with E-state index in [1.165, 1.54) is 12.1 Å². The summed E-state index contributed by atoms with van der Waals surface area (Å²) in [5.41, 5.74) is 0.335. The minimum absolute atomic E-state index is 0.123. The number of benzene rings is 1. The topological polar surface area (TPSA) is 75.6 Å². The molecule has 112 valence electrons. The molecule has 1 aromatic carbocycles. The number of ether oxygens (including phenoxy) is 1. The Morgan fingerprint density at radius 1 is 1.45 bits per heavy atom. The molecule has 7 heteroatoms. The van der Waals surface area contributed by atoms with E-state index < -0.39 is 20.7 Å². The van der Waals surface area contributed by atoms with Gasteiger partial charge >= 0.3 is 0 Å². The number of hydrogen-bond acceptors (Lipinski definition) is 4. The lowest BCUT2D eigenvalue weighted by atomic mass is 10.0. The smallest absolute Gasteiger partial charge is 0.243 e. The average molecular weight is 303 g/mol. The van der Waals surface area contributed by atoms with Gasteiger partial charge in [-0.2, -0.15) is 0 Å². The Labute approximate surface area is 117 Å². The summed E-state index contributed by atoms with van der Waals surface area (Å²) in [4.78, 5) is -0.397. The third kappa shape index (κ3) is 3.76. The predicted octanol–water partition coefficient (Wildman–Crippen LogP) is 1.02. The summed E-state index contributed by atoms with van der Waals surface area (Å²) in [5.74, 6) is -0.734. The highest BCUT2D eigenvalue weighted by Crippen LogP contribution is 2.18. The van der Waals surface area contributed by atoms with Crippen LogP contribution in [0.3, 0.4) is 0 Å². The monoisotopic (exact) mass is 303 g/mol. The molecule has 0 aliphatic carbocycles. The van der Waals surface area contributed by atoms with Gasteiger partial charge in [-0.15, -0.1) is 0 Å². The molecule has 0 amide bonds. The van der Waals surface area contributed by atoms with Gasteiger partial charge < -0.3 is 9.84 Å². The number of halogens is 1. The fourth-order valence-electron chi connectivity index (χ4n) is 2.13. The van der Waals surface area contributed by atoms with Crippen LogP contribution in [0.25, 0.3) is 0 Å². The van der Waals surface area contributed by atoms with Gasteiger partial charge in [0.15, 0.2) is 0 Å². The Bertz CT molecular complexity index is 555. The molecule has 5 nitrogen and oxygen atoms in total. The fourth-order valence-corrected chi connectivity index (χ4v) is 3.31. The molecule has 1 aromatic rings. The van der Waals surface area contributed by atoms with Gasteiger partial charge in [-0.1, -0.05) is 6.07 Å². The number of sulfonamides is 1. The number of nitrogens with one attached hydrogen (secondary N) is 1. The second-order valence-electron chi connectivity index (χ2n) is 4.86. The van der Waals surface area contributed by atoms with Crippen molar-refractivity contribution in [3.63, 3.8) is 0 Å². The molecule has 1 atom stereocenters. The van der Waals surface area contributed by atoms with Crippen molar-refractivity contribution in [1.82, 2.24) is 4.72 Å². The van der Waals surface area contributed by atoms with E-state index in [-0.39, 0.29) is 19.1 Å². The van der Waals surface area contributed by atoms with Crippen molar-refractivity contribution in [3.05, 3.63) is 29.6 Å². The summed E-state index contributed by atoms with van der Waals surface area (Å²) in [7, 11) is -3.88. The van der Waals surface area contributed by atoms with E-state index in [0.717, 1.165) is 18.9 Å². The average Bonchev–Trinajstić information content (AvgIpc) is 2.46. The van der Waals surface area contributed by atoms with Gasteiger partial charge in [-0.05, 0) is 36.5 Å². The van der Waals surface area contributed by atoms with Gasteiger partial charge in [0.1, 0.15) is 10.7 Å². The standard InChI is InChI=1S/C13H18FNO4S/c14-12-6-10(8-16)3-4-13(12)20(17,18)15-7-11-2-1-5-19-9-11/h3-4,6,11,15-16H,1-2,5,7-9H2. The van der Waals surface area contributed by atoms with Crippen LogP contribution >= 0.6 is 0 Å². The van der Waals surface area contributed by atoms with E-state index >= 15 is 0 Å². The van der Waals surface area contributed by atoms with Crippen LogP contribution in [0.4, 0.5) is 4.39 Å². The van der Waals surface area contributed by atoms with Gasteiger partial charge in [-0.25, -0.2) is 17.5 Å². The lowest BCUT2D eigenvalue weighted by Crippen LogP contribution is -2.33. The molecule has 1 saturated heterocycles. The molecule has 2 N–H and O–H groups in total. The molecular formula is C13H18FNO4S. The maximum absolute atomic E-state index is 13.7. The molecule has 0 saturated carbocycles. The lowest BCUT2D eigenvalue weighted by Gasteiger charge is -2.22. The maximum atomic E-state index is 13.7. The first kappa shape index (κ1) is 15.4. The highest BCUT2D eigenvalue weighted by molar-refractivity contribution is 7.89. The van der Waals surface area contributed by atoms with Crippen LogP contribution in [-0.2, 0) is 21.4 Å². The van der Waals surface area contributed by atoms with Crippen molar-refractivity contribution >= 4 is 10.0 Å². The summed E-state index contributed by atoms with van der Waals surface area (Å²) in [5, 5.41) is 8.88. The molecule has 1 fully saturated rings. The van der Waals surface area contributed by atoms with E-state index in [4.69, 9.17) is 9.84 Å². The second kappa shape index (κ2) is 6.62. The largest absolute Gasteiger partial charge is 0.392 e. The zero-order valence-electron chi connectivity index (χ0n) is 11.0. The van der Waals surface area contributed by atoms with E-state index in [9.17, 15) is 12.8 Å². The Kier molecular flexibility index (Phi) is 5.09. The molecule has 1 aliphatic rings. The number of aliphatic hydroxyl groups is 1. The quantitative estimate of drug-likeness (QED) is 0.851. The molecule has 1 aliphatic heterocycles. The molecule has 20 heavy (non-hydrogen) atoms. The molecule has 0 spiro atoms. The van der Waals surface area contributed by atoms with E-state index in [1.54, 1.807) is 0 Å². The summed E-state index contributed by atoms with van der Waals surface area (Å²) in [6.45, 7) is 1.14. The first-order valence-corrected chi connectivity index (χ1v) is 7.98. The zero-order valence-corrected chi connectivity index (χ0v) is 11.8. The van der Waals surface area contributed by atoms with Crippen LogP contribution in [0, 0.1) is 11.7 Å². The van der Waals surface area contributed by atoms with Gasteiger partial charge in [0.2, 0.25) is 10.0 Å². The van der Waals surface area contributed by atoms with Crippen LogP contribution in [0.15, 0.2) is 23.1 Å². The SMILES string of the molecule is O=S(=O)(NCC1CCCOC1)c1ccc(CO)cc1F. The highest BCUT2D eigenvalue weighted by atomic mass is 32.2. The minimum Gasteiger partial charge on any atom is -0.392 e. The van der Waals surface area contributed by atoms with Crippen molar-refractivity contribution in [1.29, 1.82) is 0 Å². The van der Waals surface area contributed by atoms with E-state index in [1.807, 2.05) is 0 Å². The van der Waals surface area contributed by atoms with Crippen molar-refractivity contribution in [3.8, 4) is 0 Å². The molecule has 0 bridgehead atoms. The summed E-state index contributed by atoms with van der Waals surface area (Å²) in [6.07, 6.45) is 1.81. The minimum atomic E-state index is -3.88. The Hall–Kier alpha value is -1.02. The van der Waals surface area contributed by atoms with Crippen molar-refractivity contribution in [2.45, 2.75) is 24.3 Å². The van der Waals surface area contributed by atoms with Crippen molar-refractivity contribution < 1.29 is 22.7 Å². The summed E-state index contributed by atoms with van der Waals surface area (Å²) >= 11 is 0. The van der Waals surface area contributed by atoms with E-state index in [0.29, 0.717) is 18.8 Å². The molecule has 0 radical (unpaired) electrons. The molecule has 2 rings (SSSR count). The van der Waals surface area contributed by atoms with Crippen LogP contribution < -0.4 is 4.72 Å². The second-order valence-corrected chi connectivity index (χ2v) is 6.59. The lowest BCUT2D eigenvalue weighted by molar-refractivity contribution is 0.0568. The molecular weight excluding hydrogens is 285 g/mol. The third-order valence-electron chi connectivity index (χ3n) is 3.29. The first-order chi connectivity index (χ1) is 9.53. The summed E-state index contributed by atoms with van der Waals surface area (Å²) < 4.78 is 45.5. The van der Waals surface area contributed by atoms with E-state index in [2.05, 4.69) is 4.72 Å². The van der Waals surface area contributed by atoms with Gasteiger partial charge in [0.05, 0.1) is 13.2 Å². The van der Waals surface area contributed by atoms with Gasteiger partial charge in [0, 0.05) is 13.2 Å². The Balaban J connectivity index is 2.05.